The van der Waals surface area contributed by atoms with E-state index in [0.717, 1.165) is 48.4 Å². The fourth-order valence-corrected chi connectivity index (χ4v) is 5.92. The number of benzene rings is 1. The van der Waals surface area contributed by atoms with Crippen LogP contribution in [0.5, 0.6) is 0 Å². The molecule has 2 aliphatic carbocycles. The van der Waals surface area contributed by atoms with Crippen LogP contribution < -0.4 is 5.32 Å². The van der Waals surface area contributed by atoms with E-state index in [2.05, 4.69) is 15.2 Å². The lowest BCUT2D eigenvalue weighted by atomic mass is 9.59. The number of hydrogen-bond acceptors (Lipinski definition) is 6. The van der Waals surface area contributed by atoms with E-state index in [-0.39, 0.29) is 23.3 Å². The second kappa shape index (κ2) is 10.3. The van der Waals surface area contributed by atoms with Crippen LogP contribution in [0.15, 0.2) is 36.4 Å². The summed E-state index contributed by atoms with van der Waals surface area (Å²) in [5, 5.41) is 27.7. The van der Waals surface area contributed by atoms with Crippen molar-refractivity contribution >= 4 is 23.8 Å². The Kier molecular flexibility index (Phi) is 7.24. The van der Waals surface area contributed by atoms with Gasteiger partial charge in [-0.15, -0.1) is 0 Å². The zero-order chi connectivity index (χ0) is 28.9. The minimum atomic E-state index is -3.07. The average molecular weight is 557 g/mol. The van der Waals surface area contributed by atoms with Gasteiger partial charge in [0.1, 0.15) is 11.5 Å². The van der Waals surface area contributed by atoms with Crippen LogP contribution in [0.1, 0.15) is 65.8 Å². The number of carbonyl (C=O) groups excluding carboxylic acids is 1. The highest BCUT2D eigenvalue weighted by Crippen LogP contribution is 2.56. The summed E-state index contributed by atoms with van der Waals surface area (Å²) in [7, 11) is 1.33. The summed E-state index contributed by atoms with van der Waals surface area (Å²) in [5.41, 5.74) is 0.904. The molecule has 2 saturated carbocycles. The molecule has 0 spiro atoms. The zero-order valence-corrected chi connectivity index (χ0v) is 22.7. The smallest absolute Gasteiger partial charge is 0.274 e. The van der Waals surface area contributed by atoms with Gasteiger partial charge in [0.05, 0.1) is 12.9 Å². The molecule has 2 heterocycles. The number of hydrogen-bond donors (Lipinski definition) is 4. The monoisotopic (exact) mass is 556 g/mol. The molecule has 5 rings (SSSR count). The SMILES string of the molecule is CN(C=N)C(=N)C(F)C1(c2cccc(NC(=O)c3cc(CN4CC(C)(CO)C4)cc(C4CC4)n3)c2)CC(F)(F)C1. The maximum absolute atomic E-state index is 15.6. The highest BCUT2D eigenvalue weighted by Gasteiger charge is 2.62. The number of amides is 1. The molecule has 1 aromatic carbocycles. The maximum atomic E-state index is 15.6. The van der Waals surface area contributed by atoms with Gasteiger partial charge < -0.3 is 15.3 Å². The quantitative estimate of drug-likeness (QED) is 0.253. The Hall–Kier alpha value is -3.31. The first kappa shape index (κ1) is 28.2. The topological polar surface area (TPSA) is 116 Å². The van der Waals surface area contributed by atoms with Crippen molar-refractivity contribution in [1.29, 1.82) is 10.8 Å². The van der Waals surface area contributed by atoms with Crippen molar-refractivity contribution < 1.29 is 23.1 Å². The normalized spacial score (nSPS) is 21.4. The van der Waals surface area contributed by atoms with Crippen LogP contribution in [-0.2, 0) is 12.0 Å². The van der Waals surface area contributed by atoms with Gasteiger partial charge in [-0.1, -0.05) is 19.1 Å². The van der Waals surface area contributed by atoms with E-state index in [4.69, 9.17) is 10.8 Å². The number of carbonyl (C=O) groups is 1. The molecule has 0 bridgehead atoms. The Labute approximate surface area is 231 Å². The molecule has 1 aliphatic heterocycles. The fourth-order valence-electron chi connectivity index (χ4n) is 5.92. The first-order valence-corrected chi connectivity index (χ1v) is 13.5. The van der Waals surface area contributed by atoms with E-state index in [0.29, 0.717) is 18.2 Å². The zero-order valence-electron chi connectivity index (χ0n) is 22.7. The third-order valence-corrected chi connectivity index (χ3v) is 8.27. The van der Waals surface area contributed by atoms with Crippen molar-refractivity contribution in [3.63, 3.8) is 0 Å². The number of pyridine rings is 1. The van der Waals surface area contributed by atoms with E-state index in [1.54, 1.807) is 18.2 Å². The van der Waals surface area contributed by atoms with E-state index in [1.165, 1.54) is 19.2 Å². The molecule has 1 aromatic heterocycles. The second-order valence-electron chi connectivity index (χ2n) is 12.1. The van der Waals surface area contributed by atoms with Crippen LogP contribution in [0.4, 0.5) is 18.9 Å². The minimum Gasteiger partial charge on any atom is -0.396 e. The highest BCUT2D eigenvalue weighted by molar-refractivity contribution is 6.03. The number of nitrogens with zero attached hydrogens (tertiary/aromatic N) is 3. The lowest BCUT2D eigenvalue weighted by molar-refractivity contribution is -0.140. The van der Waals surface area contributed by atoms with Gasteiger partial charge in [-0.2, -0.15) is 0 Å². The molecule has 2 aromatic rings. The Morgan fingerprint density at radius 2 is 1.98 bits per heavy atom. The lowest BCUT2D eigenvalue weighted by Crippen LogP contribution is -2.58. The molecule has 1 saturated heterocycles. The van der Waals surface area contributed by atoms with Gasteiger partial charge in [0.2, 0.25) is 5.92 Å². The number of aromatic nitrogens is 1. The second-order valence-corrected chi connectivity index (χ2v) is 12.1. The molecule has 1 unspecified atom stereocenters. The number of halogens is 3. The Morgan fingerprint density at radius 1 is 1.27 bits per heavy atom. The summed E-state index contributed by atoms with van der Waals surface area (Å²) >= 11 is 0. The van der Waals surface area contributed by atoms with Crippen LogP contribution in [0.2, 0.25) is 0 Å². The van der Waals surface area contributed by atoms with Crippen LogP contribution in [0, 0.1) is 16.2 Å². The number of anilines is 1. The predicted molar refractivity (Wildman–Crippen MR) is 146 cm³/mol. The van der Waals surface area contributed by atoms with Crippen molar-refractivity contribution in [1.82, 2.24) is 14.8 Å². The van der Waals surface area contributed by atoms with Gasteiger partial charge in [0.25, 0.3) is 5.91 Å². The molecular weight excluding hydrogens is 521 g/mol. The number of rotatable bonds is 10. The standard InChI is InChI=1S/C29H35F3N6O2/c1-27(16-39)14-38(15-27)11-18-8-22(19-6-7-19)36-23(9-18)26(40)35-21-5-3-4-20(10-21)28(12-29(31,32)13-28)24(30)25(34)37(2)17-33/h3-5,8-10,17,19,24,33-34,39H,6-7,11-16H2,1-2H3,(H,35,40). The van der Waals surface area contributed by atoms with Crippen molar-refractivity contribution in [3.8, 4) is 0 Å². The molecule has 40 heavy (non-hydrogen) atoms. The van der Waals surface area contributed by atoms with Crippen LogP contribution in [0.3, 0.4) is 0 Å². The number of likely N-dealkylation sites (tertiary alicyclic amines) is 1. The molecular formula is C29H35F3N6O2. The molecule has 11 heteroatoms. The first-order chi connectivity index (χ1) is 18.9. The van der Waals surface area contributed by atoms with Gasteiger partial charge in [-0.3, -0.25) is 20.5 Å². The largest absolute Gasteiger partial charge is 0.396 e. The maximum Gasteiger partial charge on any atom is 0.274 e. The molecule has 8 nitrogen and oxygen atoms in total. The minimum absolute atomic E-state index is 0.106. The van der Waals surface area contributed by atoms with Crippen molar-refractivity contribution in [2.75, 3.05) is 32.1 Å². The lowest BCUT2D eigenvalue weighted by Gasteiger charge is -2.50. The molecule has 3 fully saturated rings. The Bertz CT molecular complexity index is 1320. The molecule has 4 N–H and O–H groups in total. The third-order valence-electron chi connectivity index (χ3n) is 8.27. The van der Waals surface area contributed by atoms with Gasteiger partial charge in [0, 0.05) is 67.7 Å². The van der Waals surface area contributed by atoms with E-state index in [1.807, 2.05) is 13.0 Å². The third kappa shape index (κ3) is 5.49. The number of amidine groups is 1. The number of alkyl halides is 3. The van der Waals surface area contributed by atoms with Crippen LogP contribution in [0.25, 0.3) is 0 Å². The summed E-state index contributed by atoms with van der Waals surface area (Å²) < 4.78 is 43.8. The summed E-state index contributed by atoms with van der Waals surface area (Å²) in [6.45, 7) is 4.33. The Balaban J connectivity index is 1.36. The molecule has 1 amide bonds. The van der Waals surface area contributed by atoms with Gasteiger partial charge >= 0.3 is 0 Å². The number of aliphatic hydroxyl groups excluding tert-OH is 1. The summed E-state index contributed by atoms with van der Waals surface area (Å²) in [6, 6.07) is 9.98. The summed E-state index contributed by atoms with van der Waals surface area (Å²) in [6.07, 6.45) is -0.797. The average Bonchev–Trinajstić information content (AvgIpc) is 3.75. The summed E-state index contributed by atoms with van der Waals surface area (Å²) in [4.78, 5) is 21.1. The van der Waals surface area contributed by atoms with Crippen molar-refractivity contribution in [3.05, 3.63) is 58.9 Å². The fraction of sp³-hybridized carbons (Fsp3) is 0.517. The summed E-state index contributed by atoms with van der Waals surface area (Å²) in [5.74, 6) is -3.77. The van der Waals surface area contributed by atoms with Gasteiger partial charge in [-0.05, 0) is 48.2 Å². The Morgan fingerprint density at radius 3 is 2.58 bits per heavy atom. The van der Waals surface area contributed by atoms with Gasteiger partial charge in [0.15, 0.2) is 6.17 Å². The van der Waals surface area contributed by atoms with E-state index in [9.17, 15) is 18.7 Å². The van der Waals surface area contributed by atoms with E-state index >= 15 is 4.39 Å². The van der Waals surface area contributed by atoms with Crippen LogP contribution in [-0.4, -0.2) is 76.8 Å². The molecule has 1 atom stereocenters. The van der Waals surface area contributed by atoms with Gasteiger partial charge in [-0.25, -0.2) is 18.2 Å². The van der Waals surface area contributed by atoms with E-state index < -0.39 is 42.1 Å². The molecule has 214 valence electrons. The highest BCUT2D eigenvalue weighted by atomic mass is 19.3. The van der Waals surface area contributed by atoms with Crippen molar-refractivity contribution in [2.45, 2.75) is 62.6 Å². The molecule has 3 aliphatic rings. The number of aliphatic hydroxyl groups is 1. The first-order valence-electron chi connectivity index (χ1n) is 13.5. The van der Waals surface area contributed by atoms with Crippen molar-refractivity contribution in [2.24, 2.45) is 5.41 Å². The molecule has 0 radical (unpaired) electrons. The number of nitrogens with one attached hydrogen (secondary N) is 3. The predicted octanol–water partition coefficient (Wildman–Crippen LogP) is 4.55. The van der Waals surface area contributed by atoms with Crippen LogP contribution >= 0.6 is 0 Å².